The lowest BCUT2D eigenvalue weighted by Gasteiger charge is -2.39. The third-order valence-electron chi connectivity index (χ3n) is 2.95. The van der Waals surface area contributed by atoms with Crippen molar-refractivity contribution >= 4 is 0 Å². The number of halogens is 6. The van der Waals surface area contributed by atoms with E-state index in [0.717, 1.165) is 0 Å². The first-order chi connectivity index (χ1) is 6.66. The van der Waals surface area contributed by atoms with Gasteiger partial charge in [-0.25, -0.2) is 0 Å². The molecule has 1 rings (SSSR count). The van der Waals surface area contributed by atoms with Crippen LogP contribution in [0.1, 0.15) is 38.5 Å². The Kier molecular flexibility index (Phi) is 3.26. The normalized spacial score (nSPS) is 22.8. The van der Waals surface area contributed by atoms with Crippen molar-refractivity contribution in [2.75, 3.05) is 0 Å². The van der Waals surface area contributed by atoms with Gasteiger partial charge in [-0.2, -0.15) is 26.3 Å². The quantitative estimate of drug-likeness (QED) is 0.588. The summed E-state index contributed by atoms with van der Waals surface area (Å²) in [5.41, 5.74) is -2.52. The zero-order valence-electron chi connectivity index (χ0n) is 8.01. The van der Waals surface area contributed by atoms with Crippen molar-refractivity contribution in [1.82, 2.24) is 0 Å². The first kappa shape index (κ1) is 12.6. The molecule has 0 atom stereocenters. The standard InChI is InChI=1S/C9H12F6/c10-8(11,12)6-7(9(13,14)15)4-2-1-3-5-7/h1-6H2. The van der Waals surface area contributed by atoms with Crippen LogP contribution in [-0.2, 0) is 0 Å². The molecule has 0 bridgehead atoms. The van der Waals surface area contributed by atoms with E-state index < -0.39 is 37.0 Å². The molecule has 1 aliphatic carbocycles. The van der Waals surface area contributed by atoms with E-state index in [2.05, 4.69) is 0 Å². The van der Waals surface area contributed by atoms with Gasteiger partial charge < -0.3 is 0 Å². The average Bonchev–Trinajstić information content (AvgIpc) is 2.00. The van der Waals surface area contributed by atoms with Gasteiger partial charge in [-0.1, -0.05) is 19.3 Å². The second kappa shape index (κ2) is 3.87. The summed E-state index contributed by atoms with van der Waals surface area (Å²) >= 11 is 0. The van der Waals surface area contributed by atoms with E-state index in [1.54, 1.807) is 0 Å². The van der Waals surface area contributed by atoms with Crippen LogP contribution in [-0.4, -0.2) is 12.4 Å². The Morgan fingerprint density at radius 2 is 1.27 bits per heavy atom. The highest BCUT2D eigenvalue weighted by Crippen LogP contribution is 2.54. The molecule has 90 valence electrons. The second-order valence-electron chi connectivity index (χ2n) is 4.13. The molecule has 0 nitrogen and oxygen atoms in total. The van der Waals surface area contributed by atoms with Crippen LogP contribution in [0.25, 0.3) is 0 Å². The van der Waals surface area contributed by atoms with Gasteiger partial charge in [-0.05, 0) is 12.8 Å². The maximum absolute atomic E-state index is 12.6. The maximum Gasteiger partial charge on any atom is 0.394 e. The Morgan fingerprint density at radius 3 is 1.60 bits per heavy atom. The summed E-state index contributed by atoms with van der Waals surface area (Å²) in [6, 6.07) is 0. The molecule has 0 aromatic heterocycles. The monoisotopic (exact) mass is 234 g/mol. The highest BCUT2D eigenvalue weighted by atomic mass is 19.4. The van der Waals surface area contributed by atoms with E-state index in [9.17, 15) is 26.3 Å². The Hall–Kier alpha value is -0.420. The average molecular weight is 234 g/mol. The van der Waals surface area contributed by atoms with E-state index in [-0.39, 0.29) is 12.8 Å². The third kappa shape index (κ3) is 3.01. The molecule has 0 N–H and O–H groups in total. The summed E-state index contributed by atoms with van der Waals surface area (Å²) < 4.78 is 74.2. The Balaban J connectivity index is 2.86. The highest BCUT2D eigenvalue weighted by molar-refractivity contribution is 4.91. The first-order valence-corrected chi connectivity index (χ1v) is 4.80. The molecule has 0 aliphatic heterocycles. The lowest BCUT2D eigenvalue weighted by molar-refractivity contribution is -0.273. The van der Waals surface area contributed by atoms with E-state index in [4.69, 9.17) is 0 Å². The Labute approximate surface area is 83.6 Å². The van der Waals surface area contributed by atoms with Crippen LogP contribution in [0.4, 0.5) is 26.3 Å². The molecule has 15 heavy (non-hydrogen) atoms. The molecule has 0 unspecified atom stereocenters. The molecule has 0 spiro atoms. The van der Waals surface area contributed by atoms with Crippen LogP contribution < -0.4 is 0 Å². The van der Waals surface area contributed by atoms with Gasteiger partial charge in [-0.15, -0.1) is 0 Å². The molecule has 0 heterocycles. The van der Waals surface area contributed by atoms with Gasteiger partial charge in [0.1, 0.15) is 0 Å². The largest absolute Gasteiger partial charge is 0.394 e. The van der Waals surface area contributed by atoms with Gasteiger partial charge in [0, 0.05) is 0 Å². The summed E-state index contributed by atoms with van der Waals surface area (Å²) in [5, 5.41) is 0. The zero-order valence-corrected chi connectivity index (χ0v) is 8.01. The Bertz CT molecular complexity index is 208. The molecule has 0 amide bonds. The Morgan fingerprint density at radius 1 is 0.800 bits per heavy atom. The van der Waals surface area contributed by atoms with Crippen molar-refractivity contribution in [2.24, 2.45) is 5.41 Å². The van der Waals surface area contributed by atoms with Crippen molar-refractivity contribution < 1.29 is 26.3 Å². The van der Waals surface area contributed by atoms with E-state index in [0.29, 0.717) is 6.42 Å². The summed E-state index contributed by atoms with van der Waals surface area (Å²) in [7, 11) is 0. The topological polar surface area (TPSA) is 0 Å². The number of alkyl halides is 6. The molecule has 1 fully saturated rings. The fraction of sp³-hybridized carbons (Fsp3) is 1.00. The minimum absolute atomic E-state index is 0.232. The fourth-order valence-corrected chi connectivity index (χ4v) is 2.17. The third-order valence-corrected chi connectivity index (χ3v) is 2.95. The first-order valence-electron chi connectivity index (χ1n) is 4.80. The van der Waals surface area contributed by atoms with Crippen LogP contribution in [0.3, 0.4) is 0 Å². The number of rotatable bonds is 1. The molecular weight excluding hydrogens is 222 g/mol. The molecule has 0 radical (unpaired) electrons. The lowest BCUT2D eigenvalue weighted by Crippen LogP contribution is -2.43. The van der Waals surface area contributed by atoms with Gasteiger partial charge in [0.15, 0.2) is 0 Å². The van der Waals surface area contributed by atoms with Crippen LogP contribution >= 0.6 is 0 Å². The second-order valence-corrected chi connectivity index (χ2v) is 4.13. The smallest absolute Gasteiger partial charge is 0.171 e. The predicted octanol–water partition coefficient (Wildman–Crippen LogP) is 4.45. The fourth-order valence-electron chi connectivity index (χ4n) is 2.17. The zero-order chi connectivity index (χ0) is 11.7. The van der Waals surface area contributed by atoms with E-state index >= 15 is 0 Å². The lowest BCUT2D eigenvalue weighted by atomic mass is 9.71. The summed E-state index contributed by atoms with van der Waals surface area (Å²) in [5.74, 6) is 0. The summed E-state index contributed by atoms with van der Waals surface area (Å²) in [6.07, 6.45) is -11.0. The van der Waals surface area contributed by atoms with Gasteiger partial charge >= 0.3 is 12.4 Å². The predicted molar refractivity (Wildman–Crippen MR) is 42.2 cm³/mol. The molecular formula is C9H12F6. The van der Waals surface area contributed by atoms with Gasteiger partial charge in [0.05, 0.1) is 11.8 Å². The van der Waals surface area contributed by atoms with Gasteiger partial charge in [0.2, 0.25) is 0 Å². The number of hydrogen-bond acceptors (Lipinski definition) is 0. The van der Waals surface area contributed by atoms with Crippen molar-refractivity contribution in [3.63, 3.8) is 0 Å². The van der Waals surface area contributed by atoms with Crippen LogP contribution in [0.15, 0.2) is 0 Å². The molecule has 6 heteroatoms. The van der Waals surface area contributed by atoms with E-state index in [1.807, 2.05) is 0 Å². The molecule has 1 aliphatic rings. The van der Waals surface area contributed by atoms with Crippen molar-refractivity contribution in [2.45, 2.75) is 50.9 Å². The molecule has 0 aromatic rings. The molecule has 1 saturated carbocycles. The highest BCUT2D eigenvalue weighted by Gasteiger charge is 2.58. The van der Waals surface area contributed by atoms with Crippen molar-refractivity contribution in [1.29, 1.82) is 0 Å². The molecule has 0 aromatic carbocycles. The van der Waals surface area contributed by atoms with Crippen LogP contribution in [0.2, 0.25) is 0 Å². The van der Waals surface area contributed by atoms with Crippen LogP contribution in [0, 0.1) is 5.41 Å². The summed E-state index contributed by atoms with van der Waals surface area (Å²) in [6.45, 7) is 0. The van der Waals surface area contributed by atoms with Crippen molar-refractivity contribution in [3.05, 3.63) is 0 Å². The van der Waals surface area contributed by atoms with Gasteiger partial charge in [0.25, 0.3) is 0 Å². The maximum atomic E-state index is 12.6. The summed E-state index contributed by atoms with van der Waals surface area (Å²) in [4.78, 5) is 0. The minimum atomic E-state index is -4.75. The van der Waals surface area contributed by atoms with Crippen molar-refractivity contribution in [3.8, 4) is 0 Å². The minimum Gasteiger partial charge on any atom is -0.171 e. The van der Waals surface area contributed by atoms with E-state index in [1.165, 1.54) is 0 Å². The SMILES string of the molecule is FC(F)(F)CC1(C(F)(F)F)CCCCC1. The van der Waals surface area contributed by atoms with Gasteiger partial charge in [-0.3, -0.25) is 0 Å². The van der Waals surface area contributed by atoms with Crippen LogP contribution in [0.5, 0.6) is 0 Å². The number of hydrogen-bond donors (Lipinski definition) is 0. The molecule has 0 saturated heterocycles.